The van der Waals surface area contributed by atoms with E-state index in [9.17, 15) is 14.4 Å². The van der Waals surface area contributed by atoms with E-state index >= 15 is 0 Å². The normalized spacial score (nSPS) is 13.2. The van der Waals surface area contributed by atoms with E-state index < -0.39 is 6.10 Å². The van der Waals surface area contributed by atoms with Gasteiger partial charge in [0.2, 0.25) is 0 Å². The smallest absolute Gasteiger partial charge is 0.306 e. The number of carbonyl (C=O) groups is 3. The van der Waals surface area contributed by atoms with Crippen molar-refractivity contribution in [1.29, 1.82) is 0 Å². The van der Waals surface area contributed by atoms with Gasteiger partial charge in [-0.25, -0.2) is 0 Å². The Morgan fingerprint density at radius 3 is 0.910 bits per heavy atom. The molecule has 0 heterocycles. The molecule has 0 amide bonds. The minimum absolute atomic E-state index is 0.1000. The van der Waals surface area contributed by atoms with Crippen molar-refractivity contribution in [3.63, 3.8) is 0 Å². The van der Waals surface area contributed by atoms with E-state index in [0.717, 1.165) is 173 Å². The van der Waals surface area contributed by atoms with Gasteiger partial charge in [-0.15, -0.1) is 0 Å². The fraction of sp³-hybridized carbons (Fsp3) is 0.590. The molecule has 0 aromatic rings. The van der Waals surface area contributed by atoms with Crippen molar-refractivity contribution in [2.24, 2.45) is 0 Å². The van der Waals surface area contributed by atoms with E-state index in [4.69, 9.17) is 14.2 Å². The first-order chi connectivity index (χ1) is 33.0. The molecule has 0 aliphatic rings. The molecule has 0 rings (SSSR count). The van der Waals surface area contributed by atoms with Gasteiger partial charge in [-0.05, 0) is 116 Å². The lowest BCUT2D eigenvalue weighted by Gasteiger charge is -2.18. The summed E-state index contributed by atoms with van der Waals surface area (Å²) in [5.41, 5.74) is 0. The summed E-state index contributed by atoms with van der Waals surface area (Å²) in [6.45, 7) is 6.27. The Bertz CT molecular complexity index is 1480. The summed E-state index contributed by atoms with van der Waals surface area (Å²) in [4.78, 5) is 37.7. The highest BCUT2D eigenvalue weighted by atomic mass is 16.6. The number of unbranched alkanes of at least 4 members (excludes halogenated alkanes) is 13. The predicted molar refractivity (Wildman–Crippen MR) is 288 cm³/mol. The lowest BCUT2D eigenvalue weighted by Crippen LogP contribution is -2.30. The molecule has 0 N–H and O–H groups in total. The molecule has 0 radical (unpaired) electrons. The number of allylic oxidation sites excluding steroid dienone is 22. The number of rotatable bonds is 46. The van der Waals surface area contributed by atoms with Crippen molar-refractivity contribution < 1.29 is 28.6 Å². The summed E-state index contributed by atoms with van der Waals surface area (Å²) in [5, 5.41) is 0. The van der Waals surface area contributed by atoms with Gasteiger partial charge in [-0.1, -0.05) is 212 Å². The van der Waals surface area contributed by atoms with Gasteiger partial charge >= 0.3 is 17.9 Å². The van der Waals surface area contributed by atoms with E-state index in [-0.39, 0.29) is 31.1 Å². The average Bonchev–Trinajstić information content (AvgIpc) is 3.33. The Kier molecular flexibility index (Phi) is 50.6. The van der Waals surface area contributed by atoms with Crippen LogP contribution in [0.25, 0.3) is 0 Å². The lowest BCUT2D eigenvalue weighted by molar-refractivity contribution is -0.167. The molecule has 0 fully saturated rings. The molecule has 67 heavy (non-hydrogen) atoms. The zero-order valence-corrected chi connectivity index (χ0v) is 42.9. The van der Waals surface area contributed by atoms with Gasteiger partial charge in [-0.2, -0.15) is 0 Å². The van der Waals surface area contributed by atoms with Crippen LogP contribution < -0.4 is 0 Å². The van der Waals surface area contributed by atoms with Crippen LogP contribution >= 0.6 is 0 Å². The van der Waals surface area contributed by atoms with Gasteiger partial charge in [0, 0.05) is 19.3 Å². The third-order valence-electron chi connectivity index (χ3n) is 10.7. The maximum absolute atomic E-state index is 12.8. The molecule has 0 spiro atoms. The van der Waals surface area contributed by atoms with Crippen LogP contribution in [0.3, 0.4) is 0 Å². The molecule has 0 aromatic carbocycles. The minimum atomic E-state index is -0.801. The second-order valence-corrected chi connectivity index (χ2v) is 17.0. The van der Waals surface area contributed by atoms with Crippen LogP contribution in [0.4, 0.5) is 0 Å². The maximum atomic E-state index is 12.8. The number of esters is 3. The Morgan fingerprint density at radius 1 is 0.313 bits per heavy atom. The highest BCUT2D eigenvalue weighted by molar-refractivity contribution is 5.71. The molecule has 6 nitrogen and oxygen atoms in total. The van der Waals surface area contributed by atoms with Gasteiger partial charge in [0.1, 0.15) is 13.2 Å². The van der Waals surface area contributed by atoms with Crippen LogP contribution in [0, 0.1) is 0 Å². The standard InChI is InChI=1S/C61H96O6/c1-4-7-10-13-15-17-19-21-23-25-27-29-30-32-33-35-37-39-41-43-45-48-51-54-60(63)66-57-58(56-65-59(62)53-50-47-12-9-6-3)67-61(64)55-52-49-46-44-42-40-38-36-34-31-28-26-24-22-20-18-16-14-11-8-5-2/h7-8,10-11,15-18,21-24,27-29,31-33,36-39,58H,4-6,9,12-14,19-20,25-26,30,34-35,40-57H2,1-3H3/b10-7-,11-8-,17-15-,18-16-,23-21-,24-22-,29-27-,31-28-,33-32-,38-36-,39-37-. The molecule has 0 saturated carbocycles. The van der Waals surface area contributed by atoms with Crippen molar-refractivity contribution in [3.05, 3.63) is 134 Å². The number of carbonyl (C=O) groups excluding carboxylic acids is 3. The van der Waals surface area contributed by atoms with E-state index in [0.29, 0.717) is 19.3 Å². The summed E-state index contributed by atoms with van der Waals surface area (Å²) in [6, 6.07) is 0. The largest absolute Gasteiger partial charge is 0.462 e. The van der Waals surface area contributed by atoms with Crippen molar-refractivity contribution in [2.75, 3.05) is 13.2 Å². The molecule has 376 valence electrons. The zero-order valence-electron chi connectivity index (χ0n) is 42.9. The van der Waals surface area contributed by atoms with Crippen molar-refractivity contribution in [2.45, 2.75) is 219 Å². The van der Waals surface area contributed by atoms with E-state index in [2.05, 4.69) is 154 Å². The van der Waals surface area contributed by atoms with Gasteiger partial charge in [0.15, 0.2) is 6.10 Å². The second-order valence-electron chi connectivity index (χ2n) is 17.0. The topological polar surface area (TPSA) is 78.9 Å². The van der Waals surface area contributed by atoms with Gasteiger partial charge in [-0.3, -0.25) is 14.4 Å². The highest BCUT2D eigenvalue weighted by Gasteiger charge is 2.19. The maximum Gasteiger partial charge on any atom is 0.306 e. The second kappa shape index (κ2) is 54.2. The number of hydrogen-bond donors (Lipinski definition) is 0. The quantitative estimate of drug-likeness (QED) is 0.0262. The molecule has 1 atom stereocenters. The van der Waals surface area contributed by atoms with E-state index in [1.165, 1.54) is 0 Å². The van der Waals surface area contributed by atoms with Crippen molar-refractivity contribution >= 4 is 17.9 Å². The minimum Gasteiger partial charge on any atom is -0.462 e. The van der Waals surface area contributed by atoms with Crippen molar-refractivity contribution in [3.8, 4) is 0 Å². The molecule has 1 unspecified atom stereocenters. The van der Waals surface area contributed by atoms with Crippen LogP contribution in [0.1, 0.15) is 213 Å². The third kappa shape index (κ3) is 52.4. The Morgan fingerprint density at radius 2 is 0.582 bits per heavy atom. The summed E-state index contributed by atoms with van der Waals surface area (Å²) in [5.74, 6) is -0.968. The monoisotopic (exact) mass is 925 g/mol. The molecule has 0 aromatic heterocycles. The molecule has 6 heteroatoms. The third-order valence-corrected chi connectivity index (χ3v) is 10.7. The Hall–Kier alpha value is -4.45. The first-order valence-electron chi connectivity index (χ1n) is 26.7. The van der Waals surface area contributed by atoms with Crippen LogP contribution in [-0.4, -0.2) is 37.2 Å². The molecule has 0 bridgehead atoms. The van der Waals surface area contributed by atoms with Crippen LogP contribution in [-0.2, 0) is 28.6 Å². The van der Waals surface area contributed by atoms with Crippen LogP contribution in [0.2, 0.25) is 0 Å². The van der Waals surface area contributed by atoms with Gasteiger partial charge < -0.3 is 14.2 Å². The summed E-state index contributed by atoms with van der Waals surface area (Å²) >= 11 is 0. The molecule has 0 aliphatic carbocycles. The summed E-state index contributed by atoms with van der Waals surface area (Å²) < 4.78 is 16.7. The zero-order chi connectivity index (χ0) is 48.6. The van der Waals surface area contributed by atoms with Gasteiger partial charge in [0.05, 0.1) is 0 Å². The SMILES string of the molecule is CC/C=C\C/C=C\C/C=C\C/C=C\C/C=C\C/C=C\CCCCCCC(=O)OCC(COC(=O)CCCCCCC)OC(=O)CCCCCCC/C=C\C/C=C\C/C=C\C/C=C\C/C=C\CC. The molecule has 0 saturated heterocycles. The number of ether oxygens (including phenoxy) is 3. The van der Waals surface area contributed by atoms with Crippen LogP contribution in [0.15, 0.2) is 134 Å². The Labute approximate surface area is 411 Å². The fourth-order valence-electron chi connectivity index (χ4n) is 6.71. The average molecular weight is 925 g/mol. The molecular formula is C61H96O6. The lowest BCUT2D eigenvalue weighted by atomic mass is 10.1. The van der Waals surface area contributed by atoms with Crippen molar-refractivity contribution in [1.82, 2.24) is 0 Å². The summed E-state index contributed by atoms with van der Waals surface area (Å²) in [6.07, 6.45) is 76.1. The highest BCUT2D eigenvalue weighted by Crippen LogP contribution is 2.12. The van der Waals surface area contributed by atoms with Gasteiger partial charge in [0.25, 0.3) is 0 Å². The Balaban J connectivity index is 4.28. The predicted octanol–water partition coefficient (Wildman–Crippen LogP) is 17.9. The van der Waals surface area contributed by atoms with E-state index in [1.807, 2.05) is 0 Å². The molecular weight excluding hydrogens is 829 g/mol. The summed E-state index contributed by atoms with van der Waals surface area (Å²) in [7, 11) is 0. The molecule has 0 aliphatic heterocycles. The van der Waals surface area contributed by atoms with E-state index in [1.54, 1.807) is 0 Å². The van der Waals surface area contributed by atoms with Crippen LogP contribution in [0.5, 0.6) is 0 Å². The first-order valence-corrected chi connectivity index (χ1v) is 26.7. The first kappa shape index (κ1) is 62.5. The number of hydrogen-bond acceptors (Lipinski definition) is 6. The fourth-order valence-corrected chi connectivity index (χ4v) is 6.71.